The molecular formula is C21H14Cl2F3N3O2. The Bertz CT molecular complexity index is 1260. The summed E-state index contributed by atoms with van der Waals surface area (Å²) in [5.74, 6) is -0.180. The average Bonchev–Trinajstić information content (AvgIpc) is 2.69. The summed E-state index contributed by atoms with van der Waals surface area (Å²) < 4.78 is 39.6. The molecule has 0 unspecified atom stereocenters. The number of hydrogen-bond acceptors (Lipinski definition) is 4. The quantitative estimate of drug-likeness (QED) is 0.483. The van der Waals surface area contributed by atoms with Crippen molar-refractivity contribution in [1.29, 1.82) is 5.26 Å². The summed E-state index contributed by atoms with van der Waals surface area (Å²) in [7, 11) is 1.66. The number of H-pyrrole nitrogens is 1. The predicted molar refractivity (Wildman–Crippen MR) is 112 cm³/mol. The number of phenols is 1. The van der Waals surface area contributed by atoms with Gasteiger partial charge in [-0.05, 0) is 43.4 Å². The summed E-state index contributed by atoms with van der Waals surface area (Å²) in [6, 6.07) is 8.53. The van der Waals surface area contributed by atoms with Gasteiger partial charge < -0.3 is 15.4 Å². The zero-order valence-electron chi connectivity index (χ0n) is 15.9. The Morgan fingerprint density at radius 3 is 2.45 bits per heavy atom. The van der Waals surface area contributed by atoms with Crippen molar-refractivity contribution in [2.45, 2.75) is 12.7 Å². The average molecular weight is 468 g/mol. The summed E-state index contributed by atoms with van der Waals surface area (Å²) in [4.78, 5) is 15.0. The number of aromatic amines is 1. The third kappa shape index (κ3) is 4.54. The molecule has 31 heavy (non-hydrogen) atoms. The maximum absolute atomic E-state index is 13.2. The fourth-order valence-corrected chi connectivity index (χ4v) is 3.58. The van der Waals surface area contributed by atoms with E-state index in [1.807, 2.05) is 0 Å². The predicted octanol–water partition coefficient (Wildman–Crippen LogP) is 5.33. The van der Waals surface area contributed by atoms with Gasteiger partial charge in [0.2, 0.25) is 0 Å². The number of nitriles is 1. The van der Waals surface area contributed by atoms with Crippen molar-refractivity contribution in [2.75, 3.05) is 7.05 Å². The molecule has 1 aromatic heterocycles. The highest BCUT2D eigenvalue weighted by Crippen LogP contribution is 2.39. The minimum absolute atomic E-state index is 0.0600. The summed E-state index contributed by atoms with van der Waals surface area (Å²) in [6.45, 7) is 0.270. The second-order valence-electron chi connectivity index (χ2n) is 6.60. The number of aromatic nitrogens is 1. The van der Waals surface area contributed by atoms with Crippen molar-refractivity contribution in [2.24, 2.45) is 0 Å². The van der Waals surface area contributed by atoms with Crippen molar-refractivity contribution in [3.8, 4) is 34.2 Å². The van der Waals surface area contributed by atoms with Crippen LogP contribution in [0.3, 0.4) is 0 Å². The summed E-state index contributed by atoms with van der Waals surface area (Å²) >= 11 is 12.2. The Balaban J connectivity index is 2.32. The normalized spacial score (nSPS) is 11.4. The lowest BCUT2D eigenvalue weighted by Gasteiger charge is -2.14. The van der Waals surface area contributed by atoms with E-state index < -0.39 is 22.9 Å². The number of aromatic hydroxyl groups is 1. The zero-order chi connectivity index (χ0) is 22.9. The van der Waals surface area contributed by atoms with E-state index in [9.17, 15) is 28.3 Å². The molecule has 0 aliphatic heterocycles. The number of pyridine rings is 1. The fraction of sp³-hybridized carbons (Fsp3) is 0.143. The summed E-state index contributed by atoms with van der Waals surface area (Å²) in [6.07, 6.45) is -4.65. The van der Waals surface area contributed by atoms with Crippen LogP contribution in [0.5, 0.6) is 5.75 Å². The van der Waals surface area contributed by atoms with Gasteiger partial charge in [0.1, 0.15) is 17.4 Å². The number of benzene rings is 2. The van der Waals surface area contributed by atoms with E-state index in [-0.39, 0.29) is 44.7 Å². The maximum Gasteiger partial charge on any atom is 0.416 e. The summed E-state index contributed by atoms with van der Waals surface area (Å²) in [5.41, 5.74) is -1.86. The third-order valence-corrected chi connectivity index (χ3v) is 5.09. The molecular weight excluding hydrogens is 454 g/mol. The molecule has 3 aromatic rings. The Labute approximate surface area is 184 Å². The van der Waals surface area contributed by atoms with Crippen molar-refractivity contribution in [3.05, 3.63) is 73.5 Å². The van der Waals surface area contributed by atoms with Gasteiger partial charge in [-0.2, -0.15) is 18.4 Å². The number of nitrogens with zero attached hydrogens (tertiary/aromatic N) is 1. The van der Waals surface area contributed by atoms with Crippen LogP contribution in [-0.2, 0) is 12.7 Å². The monoisotopic (exact) mass is 467 g/mol. The van der Waals surface area contributed by atoms with Gasteiger partial charge in [-0.1, -0.05) is 23.2 Å². The smallest absolute Gasteiger partial charge is 0.416 e. The molecule has 1 heterocycles. The second kappa shape index (κ2) is 8.63. The first-order chi connectivity index (χ1) is 14.6. The molecule has 3 rings (SSSR count). The van der Waals surface area contributed by atoms with Gasteiger partial charge in [0, 0.05) is 38.8 Å². The molecule has 0 saturated carbocycles. The number of alkyl halides is 3. The maximum atomic E-state index is 13.2. The van der Waals surface area contributed by atoms with Gasteiger partial charge in [-0.15, -0.1) is 0 Å². The first-order valence-corrected chi connectivity index (χ1v) is 9.53. The molecule has 0 aliphatic rings. The van der Waals surface area contributed by atoms with E-state index in [0.717, 1.165) is 18.2 Å². The van der Waals surface area contributed by atoms with E-state index >= 15 is 0 Å². The highest BCUT2D eigenvalue weighted by atomic mass is 35.5. The molecule has 0 radical (unpaired) electrons. The van der Waals surface area contributed by atoms with Crippen LogP contribution in [-0.4, -0.2) is 17.1 Å². The molecule has 0 saturated heterocycles. The Morgan fingerprint density at radius 1 is 1.13 bits per heavy atom. The van der Waals surface area contributed by atoms with Crippen LogP contribution in [0, 0.1) is 11.3 Å². The Morgan fingerprint density at radius 2 is 1.84 bits per heavy atom. The number of rotatable bonds is 4. The summed E-state index contributed by atoms with van der Waals surface area (Å²) in [5, 5.41) is 23.1. The number of phenolic OH excluding ortho intramolecular Hbond substituents is 1. The molecule has 3 N–H and O–H groups in total. The number of hydrogen-bond donors (Lipinski definition) is 3. The number of halogens is 5. The van der Waals surface area contributed by atoms with E-state index in [0.29, 0.717) is 5.56 Å². The standard InChI is InChI=1S/C21H14Cl2F3N3O2/c1-28-9-10-4-12(22)6-15(19(10)30)18-7-13(16(8-27)20(31)29-18)14-5-11(21(24,25)26)2-3-17(14)23/h2-7,28,30H,9H2,1H3,(H,29,31). The lowest BCUT2D eigenvalue weighted by atomic mass is 9.96. The van der Waals surface area contributed by atoms with Gasteiger partial charge in [-0.25, -0.2) is 0 Å². The Kier molecular flexibility index (Phi) is 6.32. The van der Waals surface area contributed by atoms with Crippen molar-refractivity contribution < 1.29 is 18.3 Å². The molecule has 5 nitrogen and oxygen atoms in total. The van der Waals surface area contributed by atoms with Crippen LogP contribution in [0.15, 0.2) is 41.2 Å². The minimum atomic E-state index is -4.65. The lowest BCUT2D eigenvalue weighted by Crippen LogP contribution is -2.13. The van der Waals surface area contributed by atoms with Gasteiger partial charge in [0.15, 0.2) is 0 Å². The van der Waals surface area contributed by atoms with Gasteiger partial charge >= 0.3 is 6.18 Å². The van der Waals surface area contributed by atoms with Crippen LogP contribution >= 0.6 is 23.2 Å². The molecule has 0 aliphatic carbocycles. The first kappa shape index (κ1) is 22.7. The van der Waals surface area contributed by atoms with Gasteiger partial charge in [0.05, 0.1) is 11.3 Å². The molecule has 10 heteroatoms. The molecule has 160 valence electrons. The van der Waals surface area contributed by atoms with Crippen LogP contribution in [0.25, 0.3) is 22.4 Å². The van der Waals surface area contributed by atoms with Crippen LogP contribution in [0.4, 0.5) is 13.2 Å². The second-order valence-corrected chi connectivity index (χ2v) is 7.44. The zero-order valence-corrected chi connectivity index (χ0v) is 17.4. The highest BCUT2D eigenvalue weighted by molar-refractivity contribution is 6.33. The van der Waals surface area contributed by atoms with Crippen molar-refractivity contribution in [1.82, 2.24) is 10.3 Å². The molecule has 0 amide bonds. The third-order valence-electron chi connectivity index (χ3n) is 4.54. The largest absolute Gasteiger partial charge is 0.507 e. The fourth-order valence-electron chi connectivity index (χ4n) is 3.12. The molecule has 0 atom stereocenters. The topological polar surface area (TPSA) is 88.9 Å². The van der Waals surface area contributed by atoms with Crippen LogP contribution < -0.4 is 10.9 Å². The van der Waals surface area contributed by atoms with Crippen molar-refractivity contribution >= 4 is 23.2 Å². The highest BCUT2D eigenvalue weighted by Gasteiger charge is 2.31. The van der Waals surface area contributed by atoms with Crippen LogP contribution in [0.1, 0.15) is 16.7 Å². The van der Waals surface area contributed by atoms with E-state index in [1.165, 1.54) is 18.2 Å². The number of nitrogens with one attached hydrogen (secondary N) is 2. The minimum Gasteiger partial charge on any atom is -0.507 e. The van der Waals surface area contributed by atoms with Gasteiger partial charge in [-0.3, -0.25) is 4.79 Å². The van der Waals surface area contributed by atoms with Crippen molar-refractivity contribution in [3.63, 3.8) is 0 Å². The lowest BCUT2D eigenvalue weighted by molar-refractivity contribution is -0.137. The van der Waals surface area contributed by atoms with Gasteiger partial charge in [0.25, 0.3) is 5.56 Å². The van der Waals surface area contributed by atoms with E-state index in [1.54, 1.807) is 13.1 Å². The molecule has 0 bridgehead atoms. The van der Waals surface area contributed by atoms with Crippen LogP contribution in [0.2, 0.25) is 10.0 Å². The first-order valence-electron chi connectivity index (χ1n) is 8.77. The Hall–Kier alpha value is -2.99. The molecule has 0 spiro atoms. The van der Waals surface area contributed by atoms with E-state index in [4.69, 9.17) is 23.2 Å². The van der Waals surface area contributed by atoms with E-state index in [2.05, 4.69) is 10.3 Å². The molecule has 0 fully saturated rings. The SMILES string of the molecule is CNCc1cc(Cl)cc(-c2cc(-c3cc(C(F)(F)F)ccc3Cl)c(C#N)c(=O)[nH]2)c1O. The molecule has 2 aromatic carbocycles.